The maximum absolute atomic E-state index is 10.6. The van der Waals surface area contributed by atoms with Crippen molar-refractivity contribution in [2.75, 3.05) is 0 Å². The first kappa shape index (κ1) is 13.7. The molecule has 0 aliphatic carbocycles. The lowest BCUT2D eigenvalue weighted by Gasteiger charge is -2.12. The minimum absolute atomic E-state index is 0.313. The summed E-state index contributed by atoms with van der Waals surface area (Å²) in [5.41, 5.74) is 7.21. The summed E-state index contributed by atoms with van der Waals surface area (Å²) < 4.78 is 0. The molecule has 0 spiro atoms. The van der Waals surface area contributed by atoms with Crippen molar-refractivity contribution in [2.45, 2.75) is 45.1 Å². The van der Waals surface area contributed by atoms with Gasteiger partial charge in [0.1, 0.15) is 0 Å². The molecule has 3 N–H and O–H groups in total. The number of rotatable bonds is 6. The van der Waals surface area contributed by atoms with E-state index in [4.69, 9.17) is 5.73 Å². The number of benzene rings is 1. The van der Waals surface area contributed by atoms with Crippen LogP contribution in [0.4, 0.5) is 0 Å². The molecule has 1 rings (SSSR count). The van der Waals surface area contributed by atoms with Crippen LogP contribution in [0.5, 0.6) is 0 Å². The molecule has 0 bridgehead atoms. The first-order valence-electron chi connectivity index (χ1n) is 6.07. The number of carbonyl (C=O) groups is 1. The molecule has 0 radical (unpaired) electrons. The van der Waals surface area contributed by atoms with E-state index in [0.29, 0.717) is 25.2 Å². The van der Waals surface area contributed by atoms with Crippen molar-refractivity contribution in [3.63, 3.8) is 0 Å². The number of aliphatic hydroxyl groups excluding tert-OH is 1. The number of amides is 1. The van der Waals surface area contributed by atoms with Crippen LogP contribution in [0.25, 0.3) is 0 Å². The van der Waals surface area contributed by atoms with Gasteiger partial charge >= 0.3 is 0 Å². The van der Waals surface area contributed by atoms with Crippen LogP contribution >= 0.6 is 0 Å². The zero-order valence-electron chi connectivity index (χ0n) is 10.5. The molecule has 1 unspecified atom stereocenters. The standard InChI is InChI=1S/C14H21NO2/c1-10(2)11-6-8-12(9-7-11)13(16)4-3-5-14(15)17/h6-10,13,16H,3-5H2,1-2H3,(H2,15,17). The Morgan fingerprint density at radius 2 is 1.76 bits per heavy atom. The Morgan fingerprint density at radius 3 is 2.24 bits per heavy atom. The molecule has 17 heavy (non-hydrogen) atoms. The number of aliphatic hydroxyl groups is 1. The van der Waals surface area contributed by atoms with Crippen molar-refractivity contribution in [3.05, 3.63) is 35.4 Å². The summed E-state index contributed by atoms with van der Waals surface area (Å²) in [6.45, 7) is 4.27. The monoisotopic (exact) mass is 235 g/mol. The van der Waals surface area contributed by atoms with Crippen LogP contribution in [0.2, 0.25) is 0 Å². The third kappa shape index (κ3) is 4.57. The highest BCUT2D eigenvalue weighted by molar-refractivity contribution is 5.73. The second kappa shape index (κ2) is 6.40. The molecule has 1 atom stereocenters. The van der Waals surface area contributed by atoms with Crippen LogP contribution in [0.1, 0.15) is 56.3 Å². The molecule has 3 nitrogen and oxygen atoms in total. The van der Waals surface area contributed by atoms with Gasteiger partial charge in [-0.15, -0.1) is 0 Å². The van der Waals surface area contributed by atoms with Crippen molar-refractivity contribution in [2.24, 2.45) is 5.73 Å². The third-order valence-electron chi connectivity index (χ3n) is 2.89. The predicted molar refractivity (Wildman–Crippen MR) is 68.5 cm³/mol. The fourth-order valence-corrected chi connectivity index (χ4v) is 1.74. The number of primary amides is 1. The van der Waals surface area contributed by atoms with Crippen LogP contribution < -0.4 is 5.73 Å². The number of nitrogens with two attached hydrogens (primary N) is 1. The molecular formula is C14H21NO2. The molecule has 0 aliphatic heterocycles. The minimum atomic E-state index is -0.504. The average molecular weight is 235 g/mol. The molecule has 1 aromatic rings. The zero-order chi connectivity index (χ0) is 12.8. The van der Waals surface area contributed by atoms with Gasteiger partial charge in [0.15, 0.2) is 0 Å². The summed E-state index contributed by atoms with van der Waals surface area (Å²) >= 11 is 0. The minimum Gasteiger partial charge on any atom is -0.388 e. The Bertz CT molecular complexity index is 357. The number of hydrogen-bond donors (Lipinski definition) is 2. The Morgan fingerprint density at radius 1 is 1.24 bits per heavy atom. The van der Waals surface area contributed by atoms with Crippen LogP contribution in [-0.2, 0) is 4.79 Å². The van der Waals surface area contributed by atoms with Crippen LogP contribution in [-0.4, -0.2) is 11.0 Å². The topological polar surface area (TPSA) is 63.3 Å². The van der Waals surface area contributed by atoms with Crippen molar-refractivity contribution < 1.29 is 9.90 Å². The molecule has 0 aromatic heterocycles. The fraction of sp³-hybridized carbons (Fsp3) is 0.500. The van der Waals surface area contributed by atoms with E-state index >= 15 is 0 Å². The summed E-state index contributed by atoms with van der Waals surface area (Å²) in [7, 11) is 0. The fourth-order valence-electron chi connectivity index (χ4n) is 1.74. The zero-order valence-corrected chi connectivity index (χ0v) is 10.5. The predicted octanol–water partition coefficient (Wildman–Crippen LogP) is 2.50. The molecule has 3 heteroatoms. The molecule has 0 fully saturated rings. The number of carbonyl (C=O) groups excluding carboxylic acids is 1. The van der Waals surface area contributed by atoms with Gasteiger partial charge in [-0.05, 0) is 29.9 Å². The van der Waals surface area contributed by atoms with E-state index in [2.05, 4.69) is 13.8 Å². The van der Waals surface area contributed by atoms with Crippen LogP contribution in [0, 0.1) is 0 Å². The molecular weight excluding hydrogens is 214 g/mol. The van der Waals surface area contributed by atoms with E-state index in [0.717, 1.165) is 5.56 Å². The van der Waals surface area contributed by atoms with Crippen molar-refractivity contribution in [3.8, 4) is 0 Å². The van der Waals surface area contributed by atoms with Crippen LogP contribution in [0.3, 0.4) is 0 Å². The summed E-state index contributed by atoms with van der Waals surface area (Å²) in [5.74, 6) is 0.184. The maximum Gasteiger partial charge on any atom is 0.217 e. The summed E-state index contributed by atoms with van der Waals surface area (Å²) in [6.07, 6.45) is 1.03. The van der Waals surface area contributed by atoms with Gasteiger partial charge in [0.2, 0.25) is 5.91 Å². The largest absolute Gasteiger partial charge is 0.388 e. The Hall–Kier alpha value is -1.35. The second-order valence-corrected chi connectivity index (χ2v) is 4.70. The molecule has 94 valence electrons. The maximum atomic E-state index is 10.6. The highest BCUT2D eigenvalue weighted by Crippen LogP contribution is 2.22. The van der Waals surface area contributed by atoms with Gasteiger partial charge in [0.05, 0.1) is 6.10 Å². The van der Waals surface area contributed by atoms with Gasteiger partial charge < -0.3 is 10.8 Å². The van der Waals surface area contributed by atoms with Crippen LogP contribution in [0.15, 0.2) is 24.3 Å². The van der Waals surface area contributed by atoms with Crippen molar-refractivity contribution in [1.29, 1.82) is 0 Å². The van der Waals surface area contributed by atoms with E-state index in [1.807, 2.05) is 24.3 Å². The lowest BCUT2D eigenvalue weighted by molar-refractivity contribution is -0.118. The van der Waals surface area contributed by atoms with E-state index in [-0.39, 0.29) is 5.91 Å². The van der Waals surface area contributed by atoms with Crippen molar-refractivity contribution in [1.82, 2.24) is 0 Å². The quantitative estimate of drug-likeness (QED) is 0.795. The van der Waals surface area contributed by atoms with E-state index < -0.39 is 6.10 Å². The molecule has 0 saturated heterocycles. The molecule has 1 amide bonds. The van der Waals surface area contributed by atoms with Gasteiger partial charge in [0, 0.05) is 6.42 Å². The summed E-state index contributed by atoms with van der Waals surface area (Å²) in [5, 5.41) is 9.91. The van der Waals surface area contributed by atoms with E-state index in [1.165, 1.54) is 5.56 Å². The first-order valence-corrected chi connectivity index (χ1v) is 6.07. The Labute approximate surface area is 103 Å². The normalized spacial score (nSPS) is 12.7. The lowest BCUT2D eigenvalue weighted by atomic mass is 9.98. The smallest absolute Gasteiger partial charge is 0.217 e. The third-order valence-corrected chi connectivity index (χ3v) is 2.89. The summed E-state index contributed by atoms with van der Waals surface area (Å²) in [6, 6.07) is 7.98. The Kier molecular flexibility index (Phi) is 5.16. The van der Waals surface area contributed by atoms with Gasteiger partial charge in [-0.25, -0.2) is 0 Å². The van der Waals surface area contributed by atoms with E-state index in [9.17, 15) is 9.90 Å². The number of hydrogen-bond acceptors (Lipinski definition) is 2. The average Bonchev–Trinajstić information content (AvgIpc) is 2.28. The van der Waals surface area contributed by atoms with Crippen molar-refractivity contribution >= 4 is 5.91 Å². The van der Waals surface area contributed by atoms with Gasteiger partial charge in [0.25, 0.3) is 0 Å². The molecule has 0 saturated carbocycles. The lowest BCUT2D eigenvalue weighted by Crippen LogP contribution is -2.10. The molecule has 0 heterocycles. The van der Waals surface area contributed by atoms with Gasteiger partial charge in [-0.3, -0.25) is 4.79 Å². The highest BCUT2D eigenvalue weighted by Gasteiger charge is 2.08. The SMILES string of the molecule is CC(C)c1ccc(C(O)CCCC(N)=O)cc1. The molecule has 0 aliphatic rings. The molecule has 1 aromatic carbocycles. The van der Waals surface area contributed by atoms with Gasteiger partial charge in [-0.2, -0.15) is 0 Å². The first-order chi connectivity index (χ1) is 8.00. The van der Waals surface area contributed by atoms with Gasteiger partial charge in [-0.1, -0.05) is 38.1 Å². The Balaban J connectivity index is 2.51. The van der Waals surface area contributed by atoms with E-state index in [1.54, 1.807) is 0 Å². The summed E-state index contributed by atoms with van der Waals surface area (Å²) in [4.78, 5) is 10.6. The second-order valence-electron chi connectivity index (χ2n) is 4.70. The highest BCUT2D eigenvalue weighted by atomic mass is 16.3.